The number of nitrogens with zero attached hydrogens (tertiary/aromatic N) is 6. The first-order valence-corrected chi connectivity index (χ1v) is 16.7. The number of carboxylic acids is 3. The van der Waals surface area contributed by atoms with Crippen LogP contribution in [0.2, 0.25) is 0 Å². The van der Waals surface area contributed by atoms with Crippen molar-refractivity contribution in [1.29, 1.82) is 0 Å². The van der Waals surface area contributed by atoms with Gasteiger partial charge in [0, 0.05) is 106 Å². The van der Waals surface area contributed by atoms with Crippen molar-refractivity contribution in [2.45, 2.75) is 18.4 Å². The van der Waals surface area contributed by atoms with E-state index >= 15 is 0 Å². The fourth-order valence-electron chi connectivity index (χ4n) is 5.72. The van der Waals surface area contributed by atoms with Gasteiger partial charge in [0.25, 0.3) is 0 Å². The van der Waals surface area contributed by atoms with E-state index in [0.29, 0.717) is 0 Å². The Kier molecular flexibility index (Phi) is 35.3. The Hall–Kier alpha value is -6.70. The van der Waals surface area contributed by atoms with Gasteiger partial charge in [0.2, 0.25) is 0 Å². The molecule has 0 aliphatic carbocycles. The second kappa shape index (κ2) is 32.9. The average Bonchev–Trinajstić information content (AvgIpc) is 3.21. The molecule has 6 aromatic heterocycles. The maximum absolute atomic E-state index is 11.0. The fourth-order valence-corrected chi connectivity index (χ4v) is 5.72. The molecule has 24 heteroatoms. The predicted octanol–water partition coefficient (Wildman–Crippen LogP) is -1.51. The molecular weight excluding hydrogens is 946 g/mol. The quantitative estimate of drug-likeness (QED) is 0.192. The molecule has 13 N–H and O–H groups in total. The molecule has 9 aromatic rings. The number of benzene rings is 3. The monoisotopic (exact) mass is 987 g/mol. The Labute approximate surface area is 397 Å². The molecule has 0 fully saturated rings. The molecule has 1 atom stereocenters. The van der Waals surface area contributed by atoms with E-state index in [-0.39, 0.29) is 86.4 Å². The summed E-state index contributed by atoms with van der Waals surface area (Å²) in [6.07, 6.45) is 8.03. The van der Waals surface area contributed by atoms with Gasteiger partial charge in [0.15, 0.2) is 0 Å². The normalized spacial score (nSPS) is 9.77. The van der Waals surface area contributed by atoms with Gasteiger partial charge in [-0.3, -0.25) is 34.7 Å². The summed E-state index contributed by atoms with van der Waals surface area (Å²) >= 11 is 0. The Balaban J connectivity index is -0.000000172. The first-order valence-electron chi connectivity index (χ1n) is 16.7. The molecule has 3 aromatic carbocycles. The van der Waals surface area contributed by atoms with E-state index in [1.165, 1.54) is 0 Å². The van der Waals surface area contributed by atoms with Crippen LogP contribution in [0, 0.1) is 0 Å². The van der Waals surface area contributed by atoms with Gasteiger partial charge in [0.1, 0.15) is 0 Å². The van der Waals surface area contributed by atoms with E-state index in [4.69, 9.17) is 5.11 Å². The first-order chi connectivity index (χ1) is 26.6. The van der Waals surface area contributed by atoms with Gasteiger partial charge in [-0.25, -0.2) is 0 Å². The molecule has 0 spiro atoms. The van der Waals surface area contributed by atoms with Gasteiger partial charge >= 0.3 is 24.5 Å². The molecule has 66 heavy (non-hydrogen) atoms. The van der Waals surface area contributed by atoms with E-state index in [1.54, 1.807) is 37.2 Å². The molecule has 0 aliphatic heterocycles. The molecule has 0 saturated carbocycles. The Morgan fingerprint density at radius 1 is 0.424 bits per heavy atom. The number of carboxylic acid groups (broad SMARTS) is 3. The molecule has 22 nitrogen and oxygen atoms in total. The number of carbonyl (C=O) groups excluding carboxylic acids is 2. The largest absolute Gasteiger partial charge is 4.00 e. The predicted molar refractivity (Wildman–Crippen MR) is 224 cm³/mol. The summed E-state index contributed by atoms with van der Waals surface area (Å²) in [6.45, 7) is 0. The van der Waals surface area contributed by atoms with Crippen LogP contribution in [0.15, 0.2) is 146 Å². The Bertz CT molecular complexity index is 2410. The molecule has 0 aliphatic rings. The zero-order valence-electron chi connectivity index (χ0n) is 34.0. The van der Waals surface area contributed by atoms with Crippen LogP contribution >= 0.6 is 0 Å². The van der Waals surface area contributed by atoms with Gasteiger partial charge in [0.05, 0.1) is 33.1 Å². The van der Waals surface area contributed by atoms with Crippen molar-refractivity contribution >= 4 is 83.3 Å². The second-order valence-corrected chi connectivity index (χ2v) is 12.0. The maximum Gasteiger partial charge on any atom is 4.00 e. The van der Waals surface area contributed by atoms with Crippen molar-refractivity contribution < 1.29 is 121 Å². The van der Waals surface area contributed by atoms with Crippen LogP contribution in [-0.4, -0.2) is 91.4 Å². The summed E-state index contributed by atoms with van der Waals surface area (Å²) in [4.78, 5) is 56.1. The van der Waals surface area contributed by atoms with Gasteiger partial charge in [-0.05, 0) is 42.8 Å². The van der Waals surface area contributed by atoms with E-state index in [1.807, 2.05) is 36.4 Å². The summed E-state index contributed by atoms with van der Waals surface area (Å²) in [5.74, 6) is -5.90. The minimum atomic E-state index is -3.16. The standard InChI is InChI=1S/3C12H8N2.C6H7O7.6H2O.3O.2V/c3*1-3-9-5-6-10-4-2-8-14-12(10)11(9)13-7-1;7-3(8)1-6(13,5(11)12)2-4(9)10;;;;;;;;;;;/h3*1-8H;1-2H2,(H,7,8)(H,9,10)(H,11,12);6*1H2;;;;;/q;;;-1;;;;;;;3*-2;;+4/p-2. The summed E-state index contributed by atoms with van der Waals surface area (Å²) < 4.78 is 0. The zero-order chi connectivity index (χ0) is 38.8. The van der Waals surface area contributed by atoms with E-state index in [9.17, 15) is 29.7 Å². The molecule has 9 rings (SSSR count). The summed E-state index contributed by atoms with van der Waals surface area (Å²) in [7, 11) is 0. The van der Waals surface area contributed by atoms with Crippen LogP contribution in [0.4, 0.5) is 0 Å². The third-order valence-electron chi connectivity index (χ3n) is 8.27. The van der Waals surface area contributed by atoms with Crippen LogP contribution in [0.5, 0.6) is 0 Å². The second-order valence-electron chi connectivity index (χ2n) is 12.0. The van der Waals surface area contributed by atoms with Gasteiger partial charge < -0.3 is 79.3 Å². The maximum atomic E-state index is 11.0. The first kappa shape index (κ1) is 70.9. The summed E-state index contributed by atoms with van der Waals surface area (Å²) in [5.41, 5.74) is 2.70. The summed E-state index contributed by atoms with van der Waals surface area (Å²) in [6, 6.07) is 36.4. The fraction of sp³-hybridized carbons (Fsp3) is 0.0714. The smallest absolute Gasteiger partial charge is 2.00 e. The van der Waals surface area contributed by atoms with Crippen LogP contribution < -0.4 is 15.3 Å². The van der Waals surface area contributed by atoms with Crippen molar-refractivity contribution in [2.24, 2.45) is 0 Å². The third-order valence-corrected chi connectivity index (χ3v) is 8.27. The van der Waals surface area contributed by atoms with Gasteiger partial charge in [-0.15, -0.1) is 0 Å². The average molecular weight is 988 g/mol. The molecule has 6 heterocycles. The van der Waals surface area contributed by atoms with Crippen molar-refractivity contribution in [1.82, 2.24) is 29.9 Å². The summed E-state index contributed by atoms with van der Waals surface area (Å²) in [5, 5.41) is 45.9. The van der Waals surface area contributed by atoms with E-state index in [2.05, 4.69) is 103 Å². The number of carbonyl (C=O) groups is 3. The van der Waals surface area contributed by atoms with Crippen LogP contribution in [0.25, 0.3) is 65.4 Å². The minimum absolute atomic E-state index is 0. The molecular formula is C42H41N6O16V2-5. The molecule has 0 amide bonds. The molecule has 0 saturated heterocycles. The van der Waals surface area contributed by atoms with Crippen molar-refractivity contribution in [3.63, 3.8) is 0 Å². The molecule has 0 bridgehead atoms. The van der Waals surface area contributed by atoms with Gasteiger partial charge in [-0.1, -0.05) is 78.4 Å². The number of hydrogen-bond acceptors (Lipinski definition) is 12. The number of fused-ring (bicyclic) bond motifs is 9. The Morgan fingerprint density at radius 2 is 0.621 bits per heavy atom. The number of aromatic nitrogens is 6. The van der Waals surface area contributed by atoms with Gasteiger partial charge in [-0.2, -0.15) is 0 Å². The zero-order valence-corrected chi connectivity index (χ0v) is 36.8. The SMILES string of the molecule is O.O.O.O.O.O.O=C([O-])C[C@]([O-])(CC(=O)O)C(=O)[O-].[O-2].[O-2].[O-2].[V+4].[V].c1cnc2c(c1)ccc1cccnc12.c1cnc2c(c1)ccc1cccnc12.c1cnc2c(c1)ccc1cccnc12. The van der Waals surface area contributed by atoms with Crippen molar-refractivity contribution in [3.8, 4) is 0 Å². The van der Waals surface area contributed by atoms with E-state index in [0.717, 1.165) is 65.4 Å². The van der Waals surface area contributed by atoms with Crippen LogP contribution in [0.1, 0.15) is 12.8 Å². The molecule has 0 unspecified atom stereocenters. The number of pyridine rings is 6. The van der Waals surface area contributed by atoms with Crippen molar-refractivity contribution in [3.05, 3.63) is 146 Å². The third kappa shape index (κ3) is 17.4. The van der Waals surface area contributed by atoms with Crippen LogP contribution in [0.3, 0.4) is 0 Å². The number of rotatable bonds is 5. The number of aliphatic carboxylic acids is 3. The van der Waals surface area contributed by atoms with Crippen molar-refractivity contribution in [2.75, 3.05) is 0 Å². The molecule has 2 radical (unpaired) electrons. The Morgan fingerprint density at radius 3 is 0.773 bits per heavy atom. The van der Waals surface area contributed by atoms with Crippen LogP contribution in [-0.2, 0) is 67.9 Å². The topological polar surface area (TPSA) is 492 Å². The number of hydrogen-bond donors (Lipinski definition) is 1. The minimum Gasteiger partial charge on any atom is -2.00 e. The van der Waals surface area contributed by atoms with E-state index < -0.39 is 36.4 Å². The molecule has 350 valence electrons.